The van der Waals surface area contributed by atoms with Gasteiger partial charge in [0.1, 0.15) is 16.6 Å². The number of rotatable bonds is 3. The van der Waals surface area contributed by atoms with Gasteiger partial charge in [0.15, 0.2) is 4.34 Å². The number of para-hydroxylation sites is 1. The number of thiazole rings is 1. The van der Waals surface area contributed by atoms with Gasteiger partial charge in [0.2, 0.25) is 0 Å². The Labute approximate surface area is 118 Å². The zero-order valence-corrected chi connectivity index (χ0v) is 11.5. The largest absolute Gasteiger partial charge is 0.382 e. The highest BCUT2D eigenvalue weighted by molar-refractivity contribution is 8.01. The third-order valence-electron chi connectivity index (χ3n) is 2.47. The van der Waals surface area contributed by atoms with Gasteiger partial charge in [0.25, 0.3) is 0 Å². The van der Waals surface area contributed by atoms with Crippen LogP contribution in [0.3, 0.4) is 0 Å². The summed E-state index contributed by atoms with van der Waals surface area (Å²) in [6.07, 6.45) is 0. The molecule has 6 heteroatoms. The van der Waals surface area contributed by atoms with Crippen molar-refractivity contribution in [2.45, 2.75) is 9.37 Å². The van der Waals surface area contributed by atoms with E-state index in [1.165, 1.54) is 11.8 Å². The highest BCUT2D eigenvalue weighted by atomic mass is 32.2. The zero-order valence-electron chi connectivity index (χ0n) is 9.83. The molecule has 0 fully saturated rings. The lowest BCUT2D eigenvalue weighted by molar-refractivity contribution is 1.10. The van der Waals surface area contributed by atoms with Crippen molar-refractivity contribution < 1.29 is 0 Å². The van der Waals surface area contributed by atoms with Crippen LogP contribution in [0, 0.1) is 5.41 Å². The first-order valence-corrected chi connectivity index (χ1v) is 7.20. The van der Waals surface area contributed by atoms with E-state index in [1.54, 1.807) is 17.4 Å². The number of nitrogens with one attached hydrogen (secondary N) is 1. The van der Waals surface area contributed by atoms with Crippen molar-refractivity contribution in [1.82, 2.24) is 9.97 Å². The number of fused-ring (bicyclic) bond motifs is 1. The van der Waals surface area contributed by atoms with E-state index in [0.717, 1.165) is 19.6 Å². The van der Waals surface area contributed by atoms with Crippen LogP contribution in [0.25, 0.3) is 10.2 Å². The lowest BCUT2D eigenvalue weighted by Crippen LogP contribution is -2.12. The van der Waals surface area contributed by atoms with Crippen LogP contribution >= 0.6 is 23.1 Å². The number of nitrogens with zero attached hydrogens (tertiary/aromatic N) is 2. The molecular weight excluding hydrogens is 276 g/mol. The van der Waals surface area contributed by atoms with Crippen molar-refractivity contribution >= 4 is 39.2 Å². The Balaban J connectivity index is 1.92. The molecule has 0 unspecified atom stereocenters. The molecule has 2 heterocycles. The Bertz CT molecular complexity index is 718. The van der Waals surface area contributed by atoms with Gasteiger partial charge in [-0.15, -0.1) is 11.3 Å². The maximum Gasteiger partial charge on any atom is 0.157 e. The molecule has 4 nitrogen and oxygen atoms in total. The zero-order chi connectivity index (χ0) is 13.2. The number of nitrogens with two attached hydrogens (primary N) is 1. The molecule has 0 amide bonds. The summed E-state index contributed by atoms with van der Waals surface area (Å²) >= 11 is 3.12. The lowest BCUT2D eigenvalue weighted by atomic mass is 10.3. The van der Waals surface area contributed by atoms with Crippen molar-refractivity contribution in [2.24, 2.45) is 5.73 Å². The minimum Gasteiger partial charge on any atom is -0.382 e. The monoisotopic (exact) mass is 286 g/mol. The van der Waals surface area contributed by atoms with Crippen LogP contribution in [0.2, 0.25) is 0 Å². The van der Waals surface area contributed by atoms with Gasteiger partial charge in [-0.2, -0.15) is 0 Å². The van der Waals surface area contributed by atoms with Crippen molar-refractivity contribution in [1.29, 1.82) is 5.41 Å². The van der Waals surface area contributed by atoms with Gasteiger partial charge in [-0.1, -0.05) is 18.2 Å². The molecular formula is C13H10N4S2. The van der Waals surface area contributed by atoms with Crippen LogP contribution in [0.5, 0.6) is 0 Å². The van der Waals surface area contributed by atoms with Crippen molar-refractivity contribution in [3.05, 3.63) is 48.2 Å². The van der Waals surface area contributed by atoms with E-state index in [0.29, 0.717) is 5.69 Å². The Kier molecular flexibility index (Phi) is 3.18. The average molecular weight is 286 g/mol. The summed E-state index contributed by atoms with van der Waals surface area (Å²) in [6.45, 7) is 0. The molecule has 0 aliphatic heterocycles. The van der Waals surface area contributed by atoms with E-state index in [-0.39, 0.29) is 5.84 Å². The van der Waals surface area contributed by atoms with Gasteiger partial charge in [0, 0.05) is 0 Å². The summed E-state index contributed by atoms with van der Waals surface area (Å²) in [6, 6.07) is 13.5. The molecule has 0 saturated carbocycles. The molecule has 0 spiro atoms. The Morgan fingerprint density at radius 1 is 1.11 bits per heavy atom. The third-order valence-corrected chi connectivity index (χ3v) is 4.50. The quantitative estimate of drug-likeness (QED) is 0.573. The number of aromatic nitrogens is 2. The van der Waals surface area contributed by atoms with Gasteiger partial charge in [-0.05, 0) is 36.0 Å². The van der Waals surface area contributed by atoms with Gasteiger partial charge in [-0.25, -0.2) is 9.97 Å². The number of hydrogen-bond acceptors (Lipinski definition) is 5. The van der Waals surface area contributed by atoms with Gasteiger partial charge < -0.3 is 5.73 Å². The van der Waals surface area contributed by atoms with Crippen molar-refractivity contribution in [3.63, 3.8) is 0 Å². The van der Waals surface area contributed by atoms with Crippen LogP contribution < -0.4 is 5.73 Å². The van der Waals surface area contributed by atoms with Crippen LogP contribution in [0.4, 0.5) is 0 Å². The first-order valence-electron chi connectivity index (χ1n) is 5.57. The first-order chi connectivity index (χ1) is 9.22. The number of amidine groups is 1. The van der Waals surface area contributed by atoms with Crippen LogP contribution in [-0.2, 0) is 0 Å². The molecule has 0 aliphatic carbocycles. The minimum absolute atomic E-state index is 0.0215. The van der Waals surface area contributed by atoms with Crippen LogP contribution in [0.1, 0.15) is 5.69 Å². The van der Waals surface area contributed by atoms with Crippen molar-refractivity contribution in [2.75, 3.05) is 0 Å². The Morgan fingerprint density at radius 3 is 2.74 bits per heavy atom. The van der Waals surface area contributed by atoms with Crippen molar-refractivity contribution in [3.8, 4) is 0 Å². The van der Waals surface area contributed by atoms with E-state index >= 15 is 0 Å². The predicted octanol–water partition coefficient (Wildman–Crippen LogP) is 3.13. The smallest absolute Gasteiger partial charge is 0.157 e. The second kappa shape index (κ2) is 4.99. The minimum atomic E-state index is -0.0215. The molecule has 3 rings (SSSR count). The van der Waals surface area contributed by atoms with Gasteiger partial charge >= 0.3 is 0 Å². The summed E-state index contributed by atoms with van der Waals surface area (Å²) in [5.74, 6) is -0.0215. The van der Waals surface area contributed by atoms with Gasteiger partial charge in [-0.3, -0.25) is 5.41 Å². The van der Waals surface area contributed by atoms with E-state index in [9.17, 15) is 0 Å². The second-order valence-electron chi connectivity index (χ2n) is 3.82. The second-order valence-corrected chi connectivity index (χ2v) is 6.12. The van der Waals surface area contributed by atoms with Gasteiger partial charge in [0.05, 0.1) is 10.2 Å². The normalized spacial score (nSPS) is 10.7. The third kappa shape index (κ3) is 2.59. The first kappa shape index (κ1) is 12.1. The average Bonchev–Trinajstić information content (AvgIpc) is 2.81. The standard InChI is InChI=1S/C13H10N4S2/c14-12(15)9-5-3-7-11(16-9)19-13-17-8-4-1-2-6-10(8)18-13/h1-7H,(H3,14,15). The summed E-state index contributed by atoms with van der Waals surface area (Å²) in [7, 11) is 0. The summed E-state index contributed by atoms with van der Waals surface area (Å²) in [5.41, 5.74) is 6.93. The fraction of sp³-hybridized carbons (Fsp3) is 0. The van der Waals surface area contributed by atoms with E-state index in [1.807, 2.05) is 30.3 Å². The predicted molar refractivity (Wildman–Crippen MR) is 79.0 cm³/mol. The molecule has 0 bridgehead atoms. The lowest BCUT2D eigenvalue weighted by Gasteiger charge is -2.00. The number of hydrogen-bond donors (Lipinski definition) is 2. The molecule has 0 aliphatic rings. The molecule has 0 radical (unpaired) electrons. The summed E-state index contributed by atoms with van der Waals surface area (Å²) in [5, 5.41) is 8.19. The fourth-order valence-electron chi connectivity index (χ4n) is 1.61. The molecule has 19 heavy (non-hydrogen) atoms. The molecule has 0 atom stereocenters. The number of pyridine rings is 1. The highest BCUT2D eigenvalue weighted by Crippen LogP contribution is 2.33. The molecule has 2 aromatic heterocycles. The molecule has 3 N–H and O–H groups in total. The molecule has 94 valence electrons. The molecule has 0 saturated heterocycles. The maximum absolute atomic E-state index is 7.39. The summed E-state index contributed by atoms with van der Waals surface area (Å²) in [4.78, 5) is 8.86. The SMILES string of the molecule is N=C(N)c1cccc(Sc2nc3ccccc3s2)n1. The topological polar surface area (TPSA) is 75.7 Å². The maximum atomic E-state index is 7.39. The summed E-state index contributed by atoms with van der Waals surface area (Å²) < 4.78 is 2.10. The number of nitrogen functional groups attached to an aromatic ring is 1. The molecule has 1 aromatic carbocycles. The Hall–Kier alpha value is -1.92. The van der Waals surface area contributed by atoms with Crippen LogP contribution in [0.15, 0.2) is 51.8 Å². The number of benzene rings is 1. The molecule has 3 aromatic rings. The van der Waals surface area contributed by atoms with Crippen LogP contribution in [-0.4, -0.2) is 15.8 Å². The van der Waals surface area contributed by atoms with E-state index in [4.69, 9.17) is 11.1 Å². The highest BCUT2D eigenvalue weighted by Gasteiger charge is 2.07. The van der Waals surface area contributed by atoms with E-state index < -0.39 is 0 Å². The van der Waals surface area contributed by atoms with E-state index in [2.05, 4.69) is 16.0 Å². The fourth-order valence-corrected chi connectivity index (χ4v) is 3.61. The Morgan fingerprint density at radius 2 is 1.95 bits per heavy atom.